The highest BCUT2D eigenvalue weighted by atomic mass is 32.2. The zero-order valence-electron chi connectivity index (χ0n) is 14.7. The van der Waals surface area contributed by atoms with Crippen molar-refractivity contribution in [2.75, 3.05) is 18.4 Å². The molecule has 146 valence electrons. The van der Waals surface area contributed by atoms with Gasteiger partial charge in [-0.15, -0.1) is 0 Å². The first-order valence-corrected chi connectivity index (χ1v) is 10.0. The number of nitrogens with one attached hydrogen (secondary N) is 1. The Hall–Kier alpha value is -2.83. The van der Waals surface area contributed by atoms with E-state index in [9.17, 15) is 22.0 Å². The van der Waals surface area contributed by atoms with E-state index in [4.69, 9.17) is 5.26 Å². The molecule has 0 aromatic heterocycles. The Morgan fingerprint density at radius 2 is 1.75 bits per heavy atom. The Labute approximate surface area is 161 Å². The fourth-order valence-corrected chi connectivity index (χ4v) is 4.51. The molecule has 2 aromatic carbocycles. The van der Waals surface area contributed by atoms with Crippen molar-refractivity contribution in [2.24, 2.45) is 5.92 Å². The van der Waals surface area contributed by atoms with Crippen LogP contribution in [-0.4, -0.2) is 31.7 Å². The van der Waals surface area contributed by atoms with E-state index in [2.05, 4.69) is 5.32 Å². The van der Waals surface area contributed by atoms with E-state index in [1.54, 1.807) is 0 Å². The molecule has 1 aliphatic heterocycles. The van der Waals surface area contributed by atoms with E-state index < -0.39 is 33.5 Å². The molecule has 3 rings (SSSR count). The molecule has 0 bridgehead atoms. The molecule has 0 unspecified atom stereocenters. The van der Waals surface area contributed by atoms with E-state index in [-0.39, 0.29) is 36.5 Å². The summed E-state index contributed by atoms with van der Waals surface area (Å²) in [5, 5.41) is 11.2. The van der Waals surface area contributed by atoms with Gasteiger partial charge < -0.3 is 5.32 Å². The summed E-state index contributed by atoms with van der Waals surface area (Å²) < 4.78 is 53.5. The molecule has 1 amide bonds. The average molecular weight is 405 g/mol. The third-order valence-electron chi connectivity index (χ3n) is 4.63. The van der Waals surface area contributed by atoms with Crippen molar-refractivity contribution >= 4 is 21.6 Å². The number of carbonyl (C=O) groups excluding carboxylic acids is 1. The minimum atomic E-state index is -3.72. The predicted octanol–water partition coefficient (Wildman–Crippen LogP) is 2.88. The van der Waals surface area contributed by atoms with Gasteiger partial charge in [-0.3, -0.25) is 4.79 Å². The maximum absolute atomic E-state index is 13.7. The largest absolute Gasteiger partial charge is 0.323 e. The molecule has 1 heterocycles. The molecule has 9 heteroatoms. The number of amides is 1. The molecule has 28 heavy (non-hydrogen) atoms. The third-order valence-corrected chi connectivity index (χ3v) is 6.55. The quantitative estimate of drug-likeness (QED) is 0.847. The topological polar surface area (TPSA) is 90.3 Å². The van der Waals surface area contributed by atoms with Crippen LogP contribution in [0.15, 0.2) is 47.4 Å². The fraction of sp³-hybridized carbons (Fsp3) is 0.263. The zero-order chi connectivity index (χ0) is 20.3. The maximum Gasteiger partial charge on any atom is 0.243 e. The maximum atomic E-state index is 13.7. The zero-order valence-corrected chi connectivity index (χ0v) is 15.5. The van der Waals surface area contributed by atoms with Crippen LogP contribution in [0.3, 0.4) is 0 Å². The van der Waals surface area contributed by atoms with Gasteiger partial charge in [0.1, 0.15) is 11.6 Å². The summed E-state index contributed by atoms with van der Waals surface area (Å²) in [6, 6.07) is 10.3. The van der Waals surface area contributed by atoms with Gasteiger partial charge in [-0.05, 0) is 49.2 Å². The number of hydrogen-bond acceptors (Lipinski definition) is 4. The standard InChI is InChI=1S/C19H17F2N3O3S/c20-15-3-6-17(21)18(11-15)23-19(25)14-7-9-24(10-8-14)28(26,27)16-4-1-13(12-22)2-5-16/h1-6,11,14H,7-10H2,(H,23,25). The first-order chi connectivity index (χ1) is 13.3. The number of nitrogens with zero attached hydrogens (tertiary/aromatic N) is 2. The van der Waals surface area contributed by atoms with Crippen molar-refractivity contribution < 1.29 is 22.0 Å². The van der Waals surface area contributed by atoms with E-state index in [1.807, 2.05) is 6.07 Å². The SMILES string of the molecule is N#Cc1ccc(S(=O)(=O)N2CCC(C(=O)Nc3cc(F)ccc3F)CC2)cc1. The lowest BCUT2D eigenvalue weighted by atomic mass is 9.97. The van der Waals surface area contributed by atoms with Crippen molar-refractivity contribution in [3.8, 4) is 6.07 Å². The molecule has 1 aliphatic rings. The second-order valence-electron chi connectivity index (χ2n) is 6.43. The molecular formula is C19H17F2N3O3S. The summed E-state index contributed by atoms with van der Waals surface area (Å²) in [4.78, 5) is 12.4. The molecular weight excluding hydrogens is 388 g/mol. The minimum absolute atomic E-state index is 0.0798. The lowest BCUT2D eigenvalue weighted by Gasteiger charge is -2.30. The van der Waals surface area contributed by atoms with Crippen LogP contribution in [0.5, 0.6) is 0 Å². The highest BCUT2D eigenvalue weighted by Gasteiger charge is 2.32. The van der Waals surface area contributed by atoms with Gasteiger partial charge in [0.15, 0.2) is 0 Å². The van der Waals surface area contributed by atoms with E-state index in [0.29, 0.717) is 5.56 Å². The first-order valence-electron chi connectivity index (χ1n) is 8.57. The number of anilines is 1. The molecule has 0 aliphatic carbocycles. The van der Waals surface area contributed by atoms with Gasteiger partial charge in [0.2, 0.25) is 15.9 Å². The van der Waals surface area contributed by atoms with Crippen LogP contribution < -0.4 is 5.32 Å². The number of carbonyl (C=O) groups is 1. The highest BCUT2D eigenvalue weighted by Crippen LogP contribution is 2.25. The molecule has 6 nitrogen and oxygen atoms in total. The third kappa shape index (κ3) is 4.18. The predicted molar refractivity (Wildman–Crippen MR) is 97.6 cm³/mol. The van der Waals surface area contributed by atoms with Crippen LogP contribution in [0, 0.1) is 28.9 Å². The number of rotatable bonds is 4. The number of hydrogen-bond donors (Lipinski definition) is 1. The molecule has 0 spiro atoms. The van der Waals surface area contributed by atoms with Crippen LogP contribution in [0.2, 0.25) is 0 Å². The molecule has 2 aromatic rings. The molecule has 1 fully saturated rings. The highest BCUT2D eigenvalue weighted by molar-refractivity contribution is 7.89. The van der Waals surface area contributed by atoms with Crippen LogP contribution in [0.25, 0.3) is 0 Å². The Kier molecular flexibility index (Phi) is 5.72. The lowest BCUT2D eigenvalue weighted by Crippen LogP contribution is -2.41. The van der Waals surface area contributed by atoms with E-state index in [1.165, 1.54) is 28.6 Å². The van der Waals surface area contributed by atoms with Gasteiger partial charge in [0.25, 0.3) is 0 Å². The summed E-state index contributed by atoms with van der Waals surface area (Å²) in [6.07, 6.45) is 0.524. The van der Waals surface area contributed by atoms with Crippen LogP contribution in [0.1, 0.15) is 18.4 Å². The van der Waals surface area contributed by atoms with Gasteiger partial charge in [-0.25, -0.2) is 17.2 Å². The molecule has 1 saturated heterocycles. The molecule has 0 saturated carbocycles. The summed E-state index contributed by atoms with van der Waals surface area (Å²) in [5.41, 5.74) is 0.122. The summed E-state index contributed by atoms with van der Waals surface area (Å²) in [5.74, 6) is -2.38. The first kappa shape index (κ1) is 19.9. The Bertz CT molecular complexity index is 1030. The monoisotopic (exact) mass is 405 g/mol. The number of nitriles is 1. The summed E-state index contributed by atoms with van der Waals surface area (Å²) in [6.45, 7) is 0.262. The lowest BCUT2D eigenvalue weighted by molar-refractivity contribution is -0.120. The normalized spacial score (nSPS) is 15.8. The summed E-state index contributed by atoms with van der Waals surface area (Å²) in [7, 11) is -3.72. The van der Waals surface area contributed by atoms with Crippen molar-refractivity contribution in [1.82, 2.24) is 4.31 Å². The molecule has 0 atom stereocenters. The number of sulfonamides is 1. The number of piperidine rings is 1. The van der Waals surface area contributed by atoms with E-state index >= 15 is 0 Å². The average Bonchev–Trinajstić information content (AvgIpc) is 2.71. The molecule has 0 radical (unpaired) electrons. The van der Waals surface area contributed by atoms with E-state index in [0.717, 1.165) is 18.2 Å². The van der Waals surface area contributed by atoms with Crippen molar-refractivity contribution in [2.45, 2.75) is 17.7 Å². The molecule has 1 N–H and O–H groups in total. The van der Waals surface area contributed by atoms with Crippen molar-refractivity contribution in [3.05, 3.63) is 59.7 Å². The second-order valence-corrected chi connectivity index (χ2v) is 8.37. The van der Waals surface area contributed by atoms with Crippen LogP contribution >= 0.6 is 0 Å². The smallest absolute Gasteiger partial charge is 0.243 e. The van der Waals surface area contributed by atoms with Gasteiger partial charge in [-0.2, -0.15) is 9.57 Å². The number of benzene rings is 2. The van der Waals surface area contributed by atoms with Gasteiger partial charge >= 0.3 is 0 Å². The number of halogens is 2. The van der Waals surface area contributed by atoms with Crippen molar-refractivity contribution in [1.29, 1.82) is 5.26 Å². The minimum Gasteiger partial charge on any atom is -0.323 e. The Balaban J connectivity index is 1.64. The van der Waals surface area contributed by atoms with Gasteiger partial charge in [0.05, 0.1) is 22.2 Å². The Morgan fingerprint density at radius 1 is 1.11 bits per heavy atom. The van der Waals surface area contributed by atoms with Crippen LogP contribution in [-0.2, 0) is 14.8 Å². The fourth-order valence-electron chi connectivity index (χ4n) is 3.04. The van der Waals surface area contributed by atoms with Gasteiger partial charge in [0, 0.05) is 25.1 Å². The Morgan fingerprint density at radius 3 is 2.36 bits per heavy atom. The summed E-state index contributed by atoms with van der Waals surface area (Å²) >= 11 is 0. The van der Waals surface area contributed by atoms with Gasteiger partial charge in [-0.1, -0.05) is 0 Å². The van der Waals surface area contributed by atoms with Crippen LogP contribution in [0.4, 0.5) is 14.5 Å². The second kappa shape index (κ2) is 8.04. The van der Waals surface area contributed by atoms with Crippen molar-refractivity contribution in [3.63, 3.8) is 0 Å².